The van der Waals surface area contributed by atoms with Gasteiger partial charge in [0.1, 0.15) is 0 Å². The van der Waals surface area contributed by atoms with Crippen LogP contribution in [0.3, 0.4) is 0 Å². The van der Waals surface area contributed by atoms with Gasteiger partial charge in [-0.25, -0.2) is 4.98 Å². The molecule has 1 aromatic rings. The van der Waals surface area contributed by atoms with E-state index in [2.05, 4.69) is 29.8 Å². The van der Waals surface area contributed by atoms with Crippen molar-refractivity contribution in [2.75, 3.05) is 26.7 Å². The number of hydrogen-bond acceptors (Lipinski definition) is 4. The minimum absolute atomic E-state index is 0.250. The van der Waals surface area contributed by atoms with E-state index in [1.54, 1.807) is 7.11 Å². The third-order valence-electron chi connectivity index (χ3n) is 3.22. The Labute approximate surface area is 110 Å². The number of unbranched alkanes of at least 4 members (excludes halogenated alkanes) is 1. The molecule has 1 aromatic heterocycles. The maximum atomic E-state index is 5.92. The van der Waals surface area contributed by atoms with E-state index in [9.17, 15) is 0 Å². The lowest BCUT2D eigenvalue weighted by molar-refractivity contribution is 0.208. The molecule has 0 aliphatic rings. The molecule has 0 aromatic carbocycles. The molecule has 0 spiro atoms. The molecule has 4 nitrogen and oxygen atoms in total. The predicted octanol–water partition coefficient (Wildman–Crippen LogP) is 2.21. The van der Waals surface area contributed by atoms with E-state index in [4.69, 9.17) is 10.5 Å². The van der Waals surface area contributed by atoms with Gasteiger partial charge in [-0.3, -0.25) is 4.90 Å². The van der Waals surface area contributed by atoms with E-state index in [1.165, 1.54) is 12.8 Å². The quantitative estimate of drug-likeness (QED) is 0.769. The number of methoxy groups -OCH3 is 1. The van der Waals surface area contributed by atoms with E-state index in [1.807, 2.05) is 12.3 Å². The Kier molecular flexibility index (Phi) is 6.68. The number of pyridine rings is 1. The largest absolute Gasteiger partial charge is 0.481 e. The second kappa shape index (κ2) is 8.06. The summed E-state index contributed by atoms with van der Waals surface area (Å²) in [5.41, 5.74) is 7.09. The summed E-state index contributed by atoms with van der Waals surface area (Å²) in [4.78, 5) is 6.67. The fraction of sp³-hybridized carbons (Fsp3) is 0.643. The summed E-state index contributed by atoms with van der Waals surface area (Å²) in [7, 11) is 1.63. The molecule has 1 atom stereocenters. The van der Waals surface area contributed by atoms with Gasteiger partial charge in [0.2, 0.25) is 5.88 Å². The van der Waals surface area contributed by atoms with Gasteiger partial charge in [-0.05, 0) is 25.1 Å². The van der Waals surface area contributed by atoms with E-state index in [-0.39, 0.29) is 6.04 Å². The molecule has 2 N–H and O–H groups in total. The smallest absolute Gasteiger partial charge is 0.212 e. The van der Waals surface area contributed by atoms with Crippen LogP contribution < -0.4 is 10.5 Å². The van der Waals surface area contributed by atoms with Crippen LogP contribution in [0.4, 0.5) is 0 Å². The molecule has 4 heteroatoms. The number of likely N-dealkylation sites (N-methyl/N-ethyl adjacent to an activating group) is 1. The molecule has 0 amide bonds. The molecule has 0 bridgehead atoms. The molecule has 0 fully saturated rings. The van der Waals surface area contributed by atoms with Crippen molar-refractivity contribution < 1.29 is 4.74 Å². The zero-order chi connectivity index (χ0) is 13.4. The molecule has 1 unspecified atom stereocenters. The summed E-state index contributed by atoms with van der Waals surface area (Å²) in [6.07, 6.45) is 4.27. The highest BCUT2D eigenvalue weighted by Gasteiger charge is 2.17. The molecular weight excluding hydrogens is 226 g/mol. The van der Waals surface area contributed by atoms with Gasteiger partial charge in [0.15, 0.2) is 0 Å². The fourth-order valence-corrected chi connectivity index (χ4v) is 2.10. The molecule has 102 valence electrons. The van der Waals surface area contributed by atoms with E-state index < -0.39 is 0 Å². The second-order valence-electron chi connectivity index (χ2n) is 4.37. The summed E-state index contributed by atoms with van der Waals surface area (Å²) >= 11 is 0. The van der Waals surface area contributed by atoms with Gasteiger partial charge in [-0.2, -0.15) is 0 Å². The predicted molar refractivity (Wildman–Crippen MR) is 74.7 cm³/mol. The molecule has 1 rings (SSSR count). The summed E-state index contributed by atoms with van der Waals surface area (Å²) in [5, 5.41) is 0. The van der Waals surface area contributed by atoms with Gasteiger partial charge >= 0.3 is 0 Å². The van der Waals surface area contributed by atoms with Crippen LogP contribution in [0.15, 0.2) is 18.3 Å². The van der Waals surface area contributed by atoms with Crippen LogP contribution in [0.25, 0.3) is 0 Å². The first-order valence-electron chi connectivity index (χ1n) is 6.70. The number of aromatic nitrogens is 1. The molecule has 0 aliphatic heterocycles. The number of nitrogens with two attached hydrogens (primary N) is 1. The Balaban J connectivity index is 2.78. The van der Waals surface area contributed by atoms with Crippen LogP contribution in [-0.2, 0) is 0 Å². The van der Waals surface area contributed by atoms with Crippen molar-refractivity contribution in [1.82, 2.24) is 9.88 Å². The summed E-state index contributed by atoms with van der Waals surface area (Å²) in [5.74, 6) is 0.645. The van der Waals surface area contributed by atoms with Gasteiger partial charge < -0.3 is 10.5 Å². The van der Waals surface area contributed by atoms with Crippen molar-refractivity contribution in [3.8, 4) is 5.88 Å². The molecule has 1 heterocycles. The normalized spacial score (nSPS) is 12.7. The van der Waals surface area contributed by atoms with E-state index >= 15 is 0 Å². The van der Waals surface area contributed by atoms with Gasteiger partial charge in [0, 0.05) is 24.8 Å². The lowest BCUT2D eigenvalue weighted by atomic mass is 10.1. The zero-order valence-electron chi connectivity index (χ0n) is 11.7. The Hall–Kier alpha value is -1.13. The number of rotatable bonds is 8. The first-order chi connectivity index (χ1) is 8.76. The molecule has 0 radical (unpaired) electrons. The first-order valence-corrected chi connectivity index (χ1v) is 6.70. The van der Waals surface area contributed by atoms with Crippen LogP contribution in [-0.4, -0.2) is 36.6 Å². The minimum Gasteiger partial charge on any atom is -0.481 e. The number of ether oxygens (including phenoxy) is 1. The highest BCUT2D eigenvalue weighted by Crippen LogP contribution is 2.20. The third-order valence-corrected chi connectivity index (χ3v) is 3.22. The maximum absolute atomic E-state index is 5.92. The van der Waals surface area contributed by atoms with Crippen molar-refractivity contribution >= 4 is 0 Å². The second-order valence-corrected chi connectivity index (χ2v) is 4.37. The van der Waals surface area contributed by atoms with Crippen molar-refractivity contribution in [1.29, 1.82) is 0 Å². The van der Waals surface area contributed by atoms with Gasteiger partial charge in [-0.1, -0.05) is 26.3 Å². The fourth-order valence-electron chi connectivity index (χ4n) is 2.10. The molecule has 0 saturated carbocycles. The standard InChI is InChI=1S/C14H25N3O/c1-4-6-9-17(5-2)13(10-15)12-7-8-14(18-3)16-11-12/h7-8,11,13H,4-6,9-10,15H2,1-3H3. The van der Waals surface area contributed by atoms with Crippen LogP contribution >= 0.6 is 0 Å². The SMILES string of the molecule is CCCCN(CC)C(CN)c1ccc(OC)nc1. The zero-order valence-corrected chi connectivity index (χ0v) is 11.7. The topological polar surface area (TPSA) is 51.4 Å². The van der Waals surface area contributed by atoms with Crippen LogP contribution in [0.2, 0.25) is 0 Å². The summed E-state index contributed by atoms with van der Waals surface area (Å²) in [6.45, 7) is 7.09. The van der Waals surface area contributed by atoms with E-state index in [0.29, 0.717) is 12.4 Å². The van der Waals surface area contributed by atoms with Crippen LogP contribution in [0, 0.1) is 0 Å². The summed E-state index contributed by atoms with van der Waals surface area (Å²) < 4.78 is 5.08. The van der Waals surface area contributed by atoms with Crippen molar-refractivity contribution in [2.45, 2.75) is 32.7 Å². The highest BCUT2D eigenvalue weighted by molar-refractivity contribution is 5.21. The highest BCUT2D eigenvalue weighted by atomic mass is 16.5. The molecule has 18 heavy (non-hydrogen) atoms. The molecular formula is C14H25N3O. The average Bonchev–Trinajstić information content (AvgIpc) is 2.43. The Morgan fingerprint density at radius 1 is 1.39 bits per heavy atom. The Morgan fingerprint density at radius 2 is 2.17 bits per heavy atom. The van der Waals surface area contributed by atoms with Crippen molar-refractivity contribution in [3.63, 3.8) is 0 Å². The first kappa shape index (κ1) is 14.9. The average molecular weight is 251 g/mol. The summed E-state index contributed by atoms with van der Waals surface area (Å²) in [6, 6.07) is 4.20. The van der Waals surface area contributed by atoms with Gasteiger partial charge in [0.25, 0.3) is 0 Å². The minimum atomic E-state index is 0.250. The molecule has 0 aliphatic carbocycles. The Bertz CT molecular complexity index is 326. The lowest BCUT2D eigenvalue weighted by Gasteiger charge is -2.29. The molecule has 0 saturated heterocycles. The van der Waals surface area contributed by atoms with Crippen LogP contribution in [0.5, 0.6) is 5.88 Å². The number of hydrogen-bond donors (Lipinski definition) is 1. The van der Waals surface area contributed by atoms with E-state index in [0.717, 1.165) is 18.7 Å². The van der Waals surface area contributed by atoms with Crippen molar-refractivity contribution in [2.24, 2.45) is 5.73 Å². The Morgan fingerprint density at radius 3 is 2.61 bits per heavy atom. The monoisotopic (exact) mass is 251 g/mol. The van der Waals surface area contributed by atoms with Gasteiger partial charge in [-0.15, -0.1) is 0 Å². The van der Waals surface area contributed by atoms with Crippen LogP contribution in [0.1, 0.15) is 38.3 Å². The lowest BCUT2D eigenvalue weighted by Crippen LogP contribution is -2.34. The third kappa shape index (κ3) is 3.96. The van der Waals surface area contributed by atoms with Gasteiger partial charge in [0.05, 0.1) is 7.11 Å². The number of nitrogens with zero attached hydrogens (tertiary/aromatic N) is 2. The maximum Gasteiger partial charge on any atom is 0.212 e. The van der Waals surface area contributed by atoms with Crippen molar-refractivity contribution in [3.05, 3.63) is 23.9 Å².